The summed E-state index contributed by atoms with van der Waals surface area (Å²) in [5.74, 6) is 0.0953. The molecule has 160 valence electrons. The van der Waals surface area contributed by atoms with E-state index in [2.05, 4.69) is 48.7 Å². The van der Waals surface area contributed by atoms with E-state index in [0.717, 1.165) is 24.9 Å². The second-order valence-corrected chi connectivity index (χ2v) is 7.74. The van der Waals surface area contributed by atoms with Gasteiger partial charge in [0, 0.05) is 12.1 Å². The number of rotatable bonds is 16. The summed E-state index contributed by atoms with van der Waals surface area (Å²) in [7, 11) is 0. The van der Waals surface area contributed by atoms with Gasteiger partial charge in [0.1, 0.15) is 0 Å². The lowest BCUT2D eigenvalue weighted by Gasteiger charge is -2.04. The van der Waals surface area contributed by atoms with E-state index < -0.39 is 0 Å². The fraction of sp³-hybridized carbons (Fsp3) is 0.519. The van der Waals surface area contributed by atoms with E-state index in [4.69, 9.17) is 0 Å². The molecule has 0 atom stereocenters. The number of hydrogen-bond acceptors (Lipinski definition) is 1. The fourth-order valence-corrected chi connectivity index (χ4v) is 3.02. The Morgan fingerprint density at radius 1 is 0.759 bits per heavy atom. The van der Waals surface area contributed by atoms with Crippen LogP contribution in [0.3, 0.4) is 0 Å². The van der Waals surface area contributed by atoms with Gasteiger partial charge in [-0.1, -0.05) is 73.9 Å². The molecule has 1 N–H and O–H groups in total. The van der Waals surface area contributed by atoms with Crippen LogP contribution in [0.2, 0.25) is 0 Å². The Kier molecular flexibility index (Phi) is 15.5. The van der Waals surface area contributed by atoms with Crippen LogP contribution in [0.5, 0.6) is 0 Å². The van der Waals surface area contributed by atoms with Crippen molar-refractivity contribution < 1.29 is 4.79 Å². The number of nitrogens with one attached hydrogen (secondary N) is 1. The molecule has 29 heavy (non-hydrogen) atoms. The molecule has 0 fully saturated rings. The van der Waals surface area contributed by atoms with Crippen molar-refractivity contribution in [3.8, 4) is 0 Å². The molecule has 1 aromatic rings. The molecule has 0 spiro atoms. The zero-order valence-electron chi connectivity index (χ0n) is 18.7. The molecule has 0 saturated carbocycles. The molecule has 0 heterocycles. The Labute approximate surface area is 179 Å². The lowest BCUT2D eigenvalue weighted by atomic mass is 10.1. The van der Waals surface area contributed by atoms with Gasteiger partial charge in [-0.05, 0) is 76.8 Å². The standard InChI is InChI=1S/C27H41NO/c1-3-4-5-6-7-8-9-10-11-12-13-14-15-16-17-18-19-20-27(29)28-26-23-21-25(2)22-24-26/h7-8,13-14,16-17,21-24H,3-6,9-12,15,18-20H2,1-2H3,(H,28,29)/b8-7-,14-13-,17-16-. The van der Waals surface area contributed by atoms with Crippen LogP contribution in [-0.2, 0) is 4.79 Å². The molecular formula is C27H41NO. The van der Waals surface area contributed by atoms with Crippen molar-refractivity contribution in [2.24, 2.45) is 0 Å². The normalized spacial score (nSPS) is 11.8. The van der Waals surface area contributed by atoms with Crippen LogP contribution in [-0.4, -0.2) is 5.91 Å². The predicted octanol–water partition coefficient (Wildman–Crippen LogP) is 8.30. The number of aryl methyl sites for hydroxylation is 1. The molecule has 0 unspecified atom stereocenters. The number of carbonyl (C=O) groups excluding carboxylic acids is 1. The topological polar surface area (TPSA) is 29.1 Å². The van der Waals surface area contributed by atoms with Crippen molar-refractivity contribution >= 4 is 11.6 Å². The summed E-state index contributed by atoms with van der Waals surface area (Å²) in [6.45, 7) is 4.30. The van der Waals surface area contributed by atoms with Crippen LogP contribution in [0.25, 0.3) is 0 Å². The SMILES string of the molecule is CCCCC/C=C\CCCC/C=C\C/C=C\CCCC(=O)Nc1ccc(C)cc1. The summed E-state index contributed by atoms with van der Waals surface area (Å²) in [6, 6.07) is 7.92. The number of benzene rings is 1. The van der Waals surface area contributed by atoms with E-state index in [1.54, 1.807) is 0 Å². The number of unbranched alkanes of at least 4 members (excludes halogenated alkanes) is 7. The van der Waals surface area contributed by atoms with Gasteiger partial charge in [0.15, 0.2) is 0 Å². The first-order chi connectivity index (χ1) is 14.2. The highest BCUT2D eigenvalue weighted by Gasteiger charge is 2.00. The number of carbonyl (C=O) groups is 1. The van der Waals surface area contributed by atoms with Gasteiger partial charge >= 0.3 is 0 Å². The van der Waals surface area contributed by atoms with Gasteiger partial charge < -0.3 is 5.32 Å². The summed E-state index contributed by atoms with van der Waals surface area (Å²) in [6.07, 6.45) is 27.3. The molecule has 0 radical (unpaired) electrons. The van der Waals surface area contributed by atoms with Gasteiger partial charge in [-0.2, -0.15) is 0 Å². The quantitative estimate of drug-likeness (QED) is 0.221. The highest BCUT2D eigenvalue weighted by atomic mass is 16.1. The van der Waals surface area contributed by atoms with Gasteiger partial charge in [-0.3, -0.25) is 4.79 Å². The molecule has 0 aliphatic carbocycles. The Morgan fingerprint density at radius 2 is 1.28 bits per heavy atom. The maximum Gasteiger partial charge on any atom is 0.224 e. The maximum absolute atomic E-state index is 11.9. The summed E-state index contributed by atoms with van der Waals surface area (Å²) in [4.78, 5) is 11.9. The predicted molar refractivity (Wildman–Crippen MR) is 128 cm³/mol. The third-order valence-electron chi connectivity index (χ3n) is 4.85. The van der Waals surface area contributed by atoms with Gasteiger partial charge in [-0.25, -0.2) is 0 Å². The Morgan fingerprint density at radius 3 is 1.86 bits per heavy atom. The van der Waals surface area contributed by atoms with E-state index in [0.29, 0.717) is 6.42 Å². The molecule has 2 nitrogen and oxygen atoms in total. The van der Waals surface area contributed by atoms with Crippen LogP contribution in [0.4, 0.5) is 5.69 Å². The zero-order valence-corrected chi connectivity index (χ0v) is 18.7. The highest BCUT2D eigenvalue weighted by Crippen LogP contribution is 2.10. The molecule has 1 amide bonds. The molecule has 1 aromatic carbocycles. The molecule has 0 bridgehead atoms. The molecule has 0 aliphatic rings. The first-order valence-electron chi connectivity index (χ1n) is 11.5. The minimum Gasteiger partial charge on any atom is -0.326 e. The van der Waals surface area contributed by atoms with E-state index in [9.17, 15) is 4.79 Å². The minimum absolute atomic E-state index is 0.0953. The second-order valence-electron chi connectivity index (χ2n) is 7.74. The van der Waals surface area contributed by atoms with Crippen molar-refractivity contribution in [1.82, 2.24) is 0 Å². The third kappa shape index (κ3) is 15.5. The van der Waals surface area contributed by atoms with E-state index in [1.165, 1.54) is 56.9 Å². The monoisotopic (exact) mass is 395 g/mol. The largest absolute Gasteiger partial charge is 0.326 e. The summed E-state index contributed by atoms with van der Waals surface area (Å²) in [5.41, 5.74) is 2.08. The summed E-state index contributed by atoms with van der Waals surface area (Å²) < 4.78 is 0. The van der Waals surface area contributed by atoms with E-state index >= 15 is 0 Å². The first-order valence-corrected chi connectivity index (χ1v) is 11.5. The smallest absolute Gasteiger partial charge is 0.224 e. The Hall–Kier alpha value is -2.09. The van der Waals surface area contributed by atoms with Crippen molar-refractivity contribution in [3.05, 3.63) is 66.3 Å². The van der Waals surface area contributed by atoms with Crippen LogP contribution in [0.1, 0.15) is 89.5 Å². The Bertz CT molecular complexity index is 610. The average Bonchev–Trinajstić information content (AvgIpc) is 2.72. The molecule has 2 heteroatoms. The number of allylic oxidation sites excluding steroid dienone is 6. The van der Waals surface area contributed by atoms with Crippen LogP contribution in [0.15, 0.2) is 60.7 Å². The van der Waals surface area contributed by atoms with Crippen LogP contribution >= 0.6 is 0 Å². The number of amides is 1. The van der Waals surface area contributed by atoms with E-state index in [-0.39, 0.29) is 5.91 Å². The molecular weight excluding hydrogens is 354 g/mol. The Balaban J connectivity index is 1.93. The fourth-order valence-electron chi connectivity index (χ4n) is 3.02. The van der Waals surface area contributed by atoms with Crippen LogP contribution < -0.4 is 5.32 Å². The van der Waals surface area contributed by atoms with Gasteiger partial charge in [-0.15, -0.1) is 0 Å². The van der Waals surface area contributed by atoms with Crippen molar-refractivity contribution in [2.75, 3.05) is 5.32 Å². The molecule has 0 aromatic heterocycles. The molecule has 0 aliphatic heterocycles. The van der Waals surface area contributed by atoms with Crippen molar-refractivity contribution in [1.29, 1.82) is 0 Å². The van der Waals surface area contributed by atoms with Crippen molar-refractivity contribution in [3.63, 3.8) is 0 Å². The van der Waals surface area contributed by atoms with Gasteiger partial charge in [0.05, 0.1) is 0 Å². The number of anilines is 1. The zero-order chi connectivity index (χ0) is 21.0. The molecule has 0 saturated heterocycles. The highest BCUT2D eigenvalue weighted by molar-refractivity contribution is 5.90. The lowest BCUT2D eigenvalue weighted by Crippen LogP contribution is -2.10. The maximum atomic E-state index is 11.9. The van der Waals surface area contributed by atoms with Crippen LogP contribution in [0, 0.1) is 6.92 Å². The van der Waals surface area contributed by atoms with Gasteiger partial charge in [0.25, 0.3) is 0 Å². The van der Waals surface area contributed by atoms with E-state index in [1.807, 2.05) is 31.2 Å². The van der Waals surface area contributed by atoms with Crippen molar-refractivity contribution in [2.45, 2.75) is 90.9 Å². The first kappa shape index (κ1) is 24.9. The van der Waals surface area contributed by atoms with Gasteiger partial charge in [0.2, 0.25) is 5.91 Å². The minimum atomic E-state index is 0.0953. The summed E-state index contributed by atoms with van der Waals surface area (Å²) in [5, 5.41) is 2.95. The lowest BCUT2D eigenvalue weighted by molar-refractivity contribution is -0.116. The third-order valence-corrected chi connectivity index (χ3v) is 4.85. The average molecular weight is 396 g/mol. The molecule has 1 rings (SSSR count). The summed E-state index contributed by atoms with van der Waals surface area (Å²) >= 11 is 0. The number of hydrogen-bond donors (Lipinski definition) is 1. The second kappa shape index (κ2) is 18.0.